The third-order valence-electron chi connectivity index (χ3n) is 3.66. The molecule has 0 spiro atoms. The normalized spacial score (nSPS) is 11.8. The summed E-state index contributed by atoms with van der Waals surface area (Å²) in [5.41, 5.74) is 2.62. The highest BCUT2D eigenvalue weighted by atomic mass is 79.9. The molecule has 0 radical (unpaired) electrons. The first-order valence-corrected chi connectivity index (χ1v) is 10.3. The smallest absolute Gasteiger partial charge is 0.261 e. The molecule has 2 aromatic carbocycles. The summed E-state index contributed by atoms with van der Waals surface area (Å²) in [6.45, 7) is 1.92. The average Bonchev–Trinajstić information content (AvgIpc) is 2.50. The molecule has 0 aliphatic rings. The first-order valence-electron chi connectivity index (χ1n) is 6.79. The molecule has 8 heteroatoms. The Balaban J connectivity index is 2.39. The minimum Gasteiger partial charge on any atom is -0.295 e. The van der Waals surface area contributed by atoms with Gasteiger partial charge in [0.2, 0.25) is 0 Å². The van der Waals surface area contributed by atoms with Crippen LogP contribution in [0, 0.1) is 12.3 Å². The topological polar surface area (TPSA) is 62.9 Å². The monoisotopic (exact) mass is 444 g/mol. The van der Waals surface area contributed by atoms with Crippen LogP contribution in [0.4, 0.5) is 0 Å². The Bertz CT molecular complexity index is 1140. The summed E-state index contributed by atoms with van der Waals surface area (Å²) in [6, 6.07) is 11.5. The van der Waals surface area contributed by atoms with E-state index in [0.717, 1.165) is 15.7 Å². The molecule has 0 atom stereocenters. The van der Waals surface area contributed by atoms with Crippen molar-refractivity contribution in [1.29, 1.82) is 5.41 Å². The Morgan fingerprint density at radius 2 is 1.83 bits per heavy atom. The second-order valence-corrected chi connectivity index (χ2v) is 9.09. The van der Waals surface area contributed by atoms with Crippen molar-refractivity contribution in [3.8, 4) is 5.69 Å². The van der Waals surface area contributed by atoms with Gasteiger partial charge in [-0.1, -0.05) is 11.6 Å². The van der Waals surface area contributed by atoms with Crippen molar-refractivity contribution in [1.82, 2.24) is 4.57 Å². The molecule has 0 amide bonds. The van der Waals surface area contributed by atoms with Gasteiger partial charge in [0.05, 0.1) is 21.1 Å². The highest BCUT2D eigenvalue weighted by molar-refractivity contribution is 9.10. The Morgan fingerprint density at radius 1 is 1.12 bits per heavy atom. The first kappa shape index (κ1) is 17.5. The molecule has 1 N–H and O–H groups in total. The number of nitrogens with one attached hydrogen (secondary N) is 1. The van der Waals surface area contributed by atoms with E-state index in [9.17, 15) is 8.42 Å². The average molecular weight is 446 g/mol. The number of aryl methyl sites for hydroxylation is 1. The molecular weight excluding hydrogens is 435 g/mol. The van der Waals surface area contributed by atoms with Gasteiger partial charge in [-0.15, -0.1) is 0 Å². The van der Waals surface area contributed by atoms with Gasteiger partial charge in [0.1, 0.15) is 5.49 Å². The van der Waals surface area contributed by atoms with Crippen LogP contribution in [0.2, 0.25) is 5.02 Å². The molecule has 0 aliphatic heterocycles. The van der Waals surface area contributed by atoms with E-state index < -0.39 is 9.05 Å². The zero-order valence-electron chi connectivity index (χ0n) is 12.3. The number of pyridine rings is 1. The fourth-order valence-corrected chi connectivity index (χ4v) is 3.93. The molecule has 0 bridgehead atoms. The summed E-state index contributed by atoms with van der Waals surface area (Å²) in [7, 11) is 1.60. The summed E-state index contributed by atoms with van der Waals surface area (Å²) >= 11 is 9.59. The molecule has 0 saturated heterocycles. The van der Waals surface area contributed by atoms with Gasteiger partial charge in [0, 0.05) is 20.5 Å². The van der Waals surface area contributed by atoms with Gasteiger partial charge in [-0.2, -0.15) is 0 Å². The van der Waals surface area contributed by atoms with Crippen LogP contribution in [0.3, 0.4) is 0 Å². The SMILES string of the molecule is Cc1cc(Br)c(Cl)cc1-n1c(=N)ccc2cc(S(=O)(=O)Cl)ccc21. The van der Waals surface area contributed by atoms with Crippen LogP contribution in [0.15, 0.2) is 51.8 Å². The van der Waals surface area contributed by atoms with E-state index in [-0.39, 0.29) is 10.4 Å². The van der Waals surface area contributed by atoms with E-state index in [1.54, 1.807) is 28.8 Å². The molecule has 0 fully saturated rings. The number of halogens is 3. The standard InChI is InChI=1S/C16H11BrCl2N2O2S/c1-9-6-12(17)13(18)8-15(9)21-14-4-3-11(24(19,22)23)7-10(14)2-5-16(21)20/h2-8,20H,1H3. The van der Waals surface area contributed by atoms with E-state index in [1.165, 1.54) is 12.1 Å². The molecule has 3 aromatic rings. The predicted molar refractivity (Wildman–Crippen MR) is 99.6 cm³/mol. The largest absolute Gasteiger partial charge is 0.295 e. The van der Waals surface area contributed by atoms with Crippen LogP contribution in [0.25, 0.3) is 16.6 Å². The van der Waals surface area contributed by atoms with Crippen molar-refractivity contribution in [3.05, 3.63) is 63.0 Å². The third-order valence-corrected chi connectivity index (χ3v) is 6.21. The summed E-state index contributed by atoms with van der Waals surface area (Å²) < 4.78 is 25.6. The summed E-state index contributed by atoms with van der Waals surface area (Å²) in [4.78, 5) is 0.0199. The number of nitrogens with zero attached hydrogens (tertiary/aromatic N) is 1. The second kappa shape index (κ2) is 6.19. The molecule has 0 aliphatic carbocycles. The molecule has 1 aromatic heterocycles. The van der Waals surface area contributed by atoms with Gasteiger partial charge >= 0.3 is 0 Å². The molecular formula is C16H11BrCl2N2O2S. The van der Waals surface area contributed by atoms with Crippen molar-refractivity contribution in [2.24, 2.45) is 0 Å². The quantitative estimate of drug-likeness (QED) is 0.578. The maximum Gasteiger partial charge on any atom is 0.261 e. The zero-order valence-corrected chi connectivity index (χ0v) is 16.3. The highest BCUT2D eigenvalue weighted by Crippen LogP contribution is 2.29. The van der Waals surface area contributed by atoms with Gasteiger partial charge < -0.3 is 0 Å². The van der Waals surface area contributed by atoms with E-state index >= 15 is 0 Å². The van der Waals surface area contributed by atoms with Crippen LogP contribution in [-0.2, 0) is 9.05 Å². The molecule has 24 heavy (non-hydrogen) atoms. The Morgan fingerprint density at radius 3 is 2.50 bits per heavy atom. The second-order valence-electron chi connectivity index (χ2n) is 5.27. The van der Waals surface area contributed by atoms with E-state index in [1.807, 2.05) is 13.0 Å². The molecule has 3 rings (SSSR count). The van der Waals surface area contributed by atoms with Gasteiger partial charge in [-0.05, 0) is 70.9 Å². The molecule has 0 unspecified atom stereocenters. The van der Waals surface area contributed by atoms with Crippen molar-refractivity contribution < 1.29 is 8.42 Å². The van der Waals surface area contributed by atoms with Crippen molar-refractivity contribution in [2.75, 3.05) is 0 Å². The highest BCUT2D eigenvalue weighted by Gasteiger charge is 2.13. The number of fused-ring (bicyclic) bond motifs is 1. The number of aromatic nitrogens is 1. The van der Waals surface area contributed by atoms with Crippen LogP contribution >= 0.6 is 38.2 Å². The van der Waals surface area contributed by atoms with Crippen molar-refractivity contribution >= 4 is 58.2 Å². The molecule has 0 saturated carbocycles. The third kappa shape index (κ3) is 3.11. The van der Waals surface area contributed by atoms with Crippen LogP contribution in [0.1, 0.15) is 5.56 Å². The van der Waals surface area contributed by atoms with E-state index in [0.29, 0.717) is 15.9 Å². The lowest BCUT2D eigenvalue weighted by Crippen LogP contribution is -2.18. The molecule has 1 heterocycles. The Kier molecular flexibility index (Phi) is 4.51. The molecule has 4 nitrogen and oxygen atoms in total. The summed E-state index contributed by atoms with van der Waals surface area (Å²) in [6.07, 6.45) is 0. The summed E-state index contributed by atoms with van der Waals surface area (Å²) in [5.74, 6) is 0. The van der Waals surface area contributed by atoms with Gasteiger partial charge in [-0.25, -0.2) is 8.42 Å². The lowest BCUT2D eigenvalue weighted by Gasteiger charge is -2.15. The van der Waals surface area contributed by atoms with Crippen molar-refractivity contribution in [3.63, 3.8) is 0 Å². The van der Waals surface area contributed by atoms with Gasteiger partial charge in [-0.3, -0.25) is 9.98 Å². The maximum atomic E-state index is 11.5. The number of benzene rings is 2. The first-order chi connectivity index (χ1) is 11.2. The number of rotatable bonds is 2. The molecule has 124 valence electrons. The van der Waals surface area contributed by atoms with Crippen molar-refractivity contribution in [2.45, 2.75) is 11.8 Å². The minimum absolute atomic E-state index is 0.0199. The van der Waals surface area contributed by atoms with Crippen LogP contribution in [0.5, 0.6) is 0 Å². The maximum absolute atomic E-state index is 11.5. The zero-order chi connectivity index (χ0) is 17.6. The van der Waals surface area contributed by atoms with Gasteiger partial charge in [0.25, 0.3) is 9.05 Å². The van der Waals surface area contributed by atoms with E-state index in [4.69, 9.17) is 27.7 Å². The number of hydrogen-bond acceptors (Lipinski definition) is 3. The summed E-state index contributed by atoms with van der Waals surface area (Å²) in [5, 5.41) is 9.44. The lowest BCUT2D eigenvalue weighted by atomic mass is 10.1. The Labute approximate surface area is 156 Å². The predicted octanol–water partition coefficient (Wildman–Crippen LogP) is 4.76. The minimum atomic E-state index is -3.81. The Hall–Kier alpha value is -1.34. The van der Waals surface area contributed by atoms with Gasteiger partial charge in [0.15, 0.2) is 0 Å². The lowest BCUT2D eigenvalue weighted by molar-refractivity contribution is 0.609. The number of hydrogen-bond donors (Lipinski definition) is 1. The fourth-order valence-electron chi connectivity index (χ4n) is 2.53. The van der Waals surface area contributed by atoms with Crippen LogP contribution in [-0.4, -0.2) is 13.0 Å². The van der Waals surface area contributed by atoms with E-state index in [2.05, 4.69) is 15.9 Å². The van der Waals surface area contributed by atoms with Crippen LogP contribution < -0.4 is 5.49 Å². The fraction of sp³-hybridized carbons (Fsp3) is 0.0625.